The average Bonchev–Trinajstić information content (AvgIpc) is 2.47. The normalized spacial score (nSPS) is 10.5. The lowest BCUT2D eigenvalue weighted by Crippen LogP contribution is -2.08. The number of H-pyrrole nitrogens is 1. The maximum atomic E-state index is 3.24. The number of aromatic amines is 1. The fourth-order valence-electron chi connectivity index (χ4n) is 1.43. The van der Waals surface area contributed by atoms with Crippen LogP contribution >= 0.6 is 0 Å². The van der Waals surface area contributed by atoms with E-state index in [1.54, 1.807) is 0 Å². The van der Waals surface area contributed by atoms with E-state index >= 15 is 0 Å². The van der Waals surface area contributed by atoms with Crippen molar-refractivity contribution in [1.29, 1.82) is 0 Å². The molecule has 0 fully saturated rings. The lowest BCUT2D eigenvalue weighted by Gasteiger charge is -2.09. The highest BCUT2D eigenvalue weighted by Gasteiger charge is 2.02. The van der Waals surface area contributed by atoms with Crippen LogP contribution in [0.5, 0.6) is 0 Å². The molecule has 2 nitrogen and oxygen atoms in total. The molecule has 1 aromatic heterocycles. The lowest BCUT2D eigenvalue weighted by molar-refractivity contribution is 1.09. The maximum Gasteiger partial charge on any atom is 0.113 e. The Morgan fingerprint density at radius 1 is 1.17 bits per heavy atom. The largest absolute Gasteiger partial charge is 0.364 e. The Morgan fingerprint density at radius 3 is 2.67 bits per heavy atom. The van der Waals surface area contributed by atoms with Crippen molar-refractivity contribution >= 4 is 16.6 Å². The second-order valence-corrected chi connectivity index (χ2v) is 3.12. The number of benzene rings is 1. The molecule has 1 heterocycles. The first kappa shape index (κ1) is 7.22. The Balaban J connectivity index is 2.70. The monoisotopic (exact) mass is 160 g/mol. The average molecular weight is 160 g/mol. The van der Waals surface area contributed by atoms with Crippen molar-refractivity contribution in [2.45, 2.75) is 0 Å². The van der Waals surface area contributed by atoms with E-state index in [0.29, 0.717) is 0 Å². The smallest absolute Gasteiger partial charge is 0.113 e. The van der Waals surface area contributed by atoms with Crippen LogP contribution in [0.4, 0.5) is 5.82 Å². The van der Waals surface area contributed by atoms with Crippen LogP contribution in [0.1, 0.15) is 0 Å². The van der Waals surface area contributed by atoms with E-state index in [9.17, 15) is 0 Å². The summed E-state index contributed by atoms with van der Waals surface area (Å²) in [6.45, 7) is 0. The molecule has 0 unspecified atom stereocenters. The second kappa shape index (κ2) is 2.55. The van der Waals surface area contributed by atoms with Crippen molar-refractivity contribution in [2.75, 3.05) is 19.0 Å². The topological polar surface area (TPSA) is 19.0 Å². The van der Waals surface area contributed by atoms with E-state index in [2.05, 4.69) is 34.1 Å². The van der Waals surface area contributed by atoms with Crippen molar-refractivity contribution in [3.8, 4) is 0 Å². The van der Waals surface area contributed by atoms with E-state index in [0.717, 1.165) is 0 Å². The van der Waals surface area contributed by atoms with Gasteiger partial charge in [0.15, 0.2) is 0 Å². The molecule has 0 atom stereocenters. The van der Waals surface area contributed by atoms with Crippen LogP contribution in [0.15, 0.2) is 30.5 Å². The highest BCUT2D eigenvalue weighted by molar-refractivity contribution is 5.93. The van der Waals surface area contributed by atoms with Crippen LogP contribution in [0.2, 0.25) is 0 Å². The molecule has 2 aromatic rings. The van der Waals surface area contributed by atoms with Gasteiger partial charge in [0, 0.05) is 31.1 Å². The SMILES string of the molecule is CN(C)c1[nH]cc2ccccc12. The highest BCUT2D eigenvalue weighted by Crippen LogP contribution is 2.23. The molecule has 0 saturated heterocycles. The van der Waals surface area contributed by atoms with Crippen LogP contribution in [0, 0.1) is 0 Å². The standard InChI is InChI=1S/C10H12N2/c1-12(2)10-9-6-4-3-5-8(9)7-11-10/h3-7,11H,1-2H3. The van der Waals surface area contributed by atoms with Gasteiger partial charge in [0.2, 0.25) is 0 Å². The molecule has 12 heavy (non-hydrogen) atoms. The first-order valence-corrected chi connectivity index (χ1v) is 4.02. The molecule has 1 aromatic carbocycles. The number of aromatic nitrogens is 1. The van der Waals surface area contributed by atoms with Crippen LogP contribution < -0.4 is 4.90 Å². The molecule has 0 aliphatic rings. The predicted molar refractivity (Wildman–Crippen MR) is 52.6 cm³/mol. The third kappa shape index (κ3) is 0.961. The summed E-state index contributed by atoms with van der Waals surface area (Å²) in [5, 5.41) is 2.55. The Bertz CT molecular complexity index is 387. The minimum absolute atomic E-state index is 1.17. The van der Waals surface area contributed by atoms with Gasteiger partial charge in [-0.1, -0.05) is 24.3 Å². The zero-order valence-corrected chi connectivity index (χ0v) is 7.33. The number of anilines is 1. The minimum Gasteiger partial charge on any atom is -0.364 e. The van der Waals surface area contributed by atoms with Crippen LogP contribution in [-0.2, 0) is 0 Å². The quantitative estimate of drug-likeness (QED) is 0.677. The van der Waals surface area contributed by atoms with E-state index in [1.807, 2.05) is 20.3 Å². The molecule has 0 saturated carbocycles. The third-order valence-corrected chi connectivity index (χ3v) is 2.03. The van der Waals surface area contributed by atoms with Gasteiger partial charge >= 0.3 is 0 Å². The van der Waals surface area contributed by atoms with Crippen molar-refractivity contribution < 1.29 is 0 Å². The summed E-state index contributed by atoms with van der Waals surface area (Å²) in [5.74, 6) is 1.17. The number of hydrogen-bond acceptors (Lipinski definition) is 1. The number of nitrogens with one attached hydrogen (secondary N) is 1. The minimum atomic E-state index is 1.17. The summed E-state index contributed by atoms with van der Waals surface area (Å²) in [7, 11) is 4.08. The summed E-state index contributed by atoms with van der Waals surface area (Å²) in [6.07, 6.45) is 2.03. The van der Waals surface area contributed by atoms with E-state index < -0.39 is 0 Å². The molecule has 0 bridgehead atoms. The first-order valence-electron chi connectivity index (χ1n) is 4.02. The van der Waals surface area contributed by atoms with Gasteiger partial charge in [0.05, 0.1) is 0 Å². The van der Waals surface area contributed by atoms with Crippen molar-refractivity contribution in [3.63, 3.8) is 0 Å². The highest BCUT2D eigenvalue weighted by atomic mass is 15.1. The summed E-state index contributed by atoms with van der Waals surface area (Å²) in [5.41, 5.74) is 0. The predicted octanol–water partition coefficient (Wildman–Crippen LogP) is 2.23. The summed E-state index contributed by atoms with van der Waals surface area (Å²) in [6, 6.07) is 8.35. The molecular formula is C10H12N2. The molecule has 0 aliphatic carbocycles. The summed E-state index contributed by atoms with van der Waals surface area (Å²) < 4.78 is 0. The fraction of sp³-hybridized carbons (Fsp3) is 0.200. The van der Waals surface area contributed by atoms with Gasteiger partial charge < -0.3 is 9.88 Å². The maximum absolute atomic E-state index is 3.24. The van der Waals surface area contributed by atoms with Gasteiger partial charge in [-0.05, 0) is 0 Å². The van der Waals surface area contributed by atoms with Gasteiger partial charge in [0.1, 0.15) is 5.82 Å². The Labute approximate surface area is 71.8 Å². The molecule has 2 heteroatoms. The Hall–Kier alpha value is -1.44. The first-order chi connectivity index (χ1) is 5.79. The zero-order chi connectivity index (χ0) is 8.55. The third-order valence-electron chi connectivity index (χ3n) is 2.03. The number of fused-ring (bicyclic) bond motifs is 1. The Morgan fingerprint density at radius 2 is 1.92 bits per heavy atom. The second-order valence-electron chi connectivity index (χ2n) is 3.12. The molecule has 0 radical (unpaired) electrons. The molecule has 1 N–H and O–H groups in total. The number of rotatable bonds is 1. The van der Waals surface area contributed by atoms with Crippen LogP contribution in [-0.4, -0.2) is 19.1 Å². The molecule has 0 spiro atoms. The van der Waals surface area contributed by atoms with Crippen molar-refractivity contribution in [3.05, 3.63) is 30.5 Å². The van der Waals surface area contributed by atoms with E-state index in [-0.39, 0.29) is 0 Å². The van der Waals surface area contributed by atoms with Gasteiger partial charge in [-0.15, -0.1) is 0 Å². The number of nitrogens with zero attached hydrogens (tertiary/aromatic N) is 1. The fourth-order valence-corrected chi connectivity index (χ4v) is 1.43. The molecule has 0 amide bonds. The molecular weight excluding hydrogens is 148 g/mol. The van der Waals surface area contributed by atoms with Crippen molar-refractivity contribution in [2.24, 2.45) is 0 Å². The van der Waals surface area contributed by atoms with E-state index in [1.165, 1.54) is 16.6 Å². The van der Waals surface area contributed by atoms with Crippen LogP contribution in [0.25, 0.3) is 10.8 Å². The van der Waals surface area contributed by atoms with E-state index in [4.69, 9.17) is 0 Å². The van der Waals surface area contributed by atoms with Gasteiger partial charge in [-0.3, -0.25) is 0 Å². The summed E-state index contributed by atoms with van der Waals surface area (Å²) in [4.78, 5) is 5.32. The van der Waals surface area contributed by atoms with Crippen LogP contribution in [0.3, 0.4) is 0 Å². The lowest BCUT2D eigenvalue weighted by atomic mass is 10.2. The zero-order valence-electron chi connectivity index (χ0n) is 7.33. The molecule has 62 valence electrons. The van der Waals surface area contributed by atoms with Gasteiger partial charge in [-0.25, -0.2) is 0 Å². The molecule has 0 aliphatic heterocycles. The summed E-state index contributed by atoms with van der Waals surface area (Å²) >= 11 is 0. The number of hydrogen-bond donors (Lipinski definition) is 1. The van der Waals surface area contributed by atoms with Crippen molar-refractivity contribution in [1.82, 2.24) is 4.98 Å². The molecule has 2 rings (SSSR count). The van der Waals surface area contributed by atoms with Gasteiger partial charge in [0.25, 0.3) is 0 Å². The van der Waals surface area contributed by atoms with Gasteiger partial charge in [-0.2, -0.15) is 0 Å². The Kier molecular flexibility index (Phi) is 1.54.